The van der Waals surface area contributed by atoms with Crippen molar-refractivity contribution in [2.24, 2.45) is 0 Å². The van der Waals surface area contributed by atoms with Crippen molar-refractivity contribution in [3.05, 3.63) is 51.9 Å². The maximum absolute atomic E-state index is 13.2. The third kappa shape index (κ3) is 3.14. The highest BCUT2D eigenvalue weighted by Crippen LogP contribution is 2.45. The maximum atomic E-state index is 13.2. The molecule has 0 fully saturated rings. The van der Waals surface area contributed by atoms with Crippen LogP contribution in [0.1, 0.15) is 36.5 Å². The molecule has 2 heterocycles. The summed E-state index contributed by atoms with van der Waals surface area (Å²) in [7, 11) is 3.16. The van der Waals surface area contributed by atoms with Crippen molar-refractivity contribution in [3.8, 4) is 11.5 Å². The van der Waals surface area contributed by atoms with Gasteiger partial charge in [-0.05, 0) is 24.3 Å². The van der Waals surface area contributed by atoms with Crippen molar-refractivity contribution in [1.82, 2.24) is 0 Å². The molecule has 0 saturated heterocycles. The zero-order valence-corrected chi connectivity index (χ0v) is 16.2. The summed E-state index contributed by atoms with van der Waals surface area (Å²) < 4.78 is 10.7. The molecule has 6 heteroatoms. The first kappa shape index (κ1) is 17.8. The molecule has 1 aliphatic carbocycles. The molecule has 0 spiro atoms. The van der Waals surface area contributed by atoms with Crippen LogP contribution in [0.4, 0.5) is 5.69 Å². The van der Waals surface area contributed by atoms with Gasteiger partial charge < -0.3 is 9.47 Å². The number of Topliss-reactive ketones (excluding diaryl/α,β-unsaturated/α-hetero) is 1. The molecule has 0 radical (unpaired) electrons. The first-order valence-electron chi connectivity index (χ1n) is 8.98. The Morgan fingerprint density at radius 3 is 2.44 bits per heavy atom. The number of amides is 1. The second kappa shape index (κ2) is 7.19. The summed E-state index contributed by atoms with van der Waals surface area (Å²) >= 11 is 1.60. The Kier molecular flexibility index (Phi) is 4.74. The molecule has 1 atom stereocenters. The molecule has 1 amide bonds. The van der Waals surface area contributed by atoms with E-state index in [1.165, 1.54) is 0 Å². The molecule has 5 nitrogen and oxygen atoms in total. The highest BCUT2D eigenvalue weighted by atomic mass is 32.1. The Balaban J connectivity index is 1.86. The number of hydrogen-bond donors (Lipinski definition) is 0. The molecule has 1 aliphatic heterocycles. The number of carbonyl (C=O) groups is 2. The zero-order chi connectivity index (χ0) is 19.0. The number of nitrogens with zero attached hydrogens (tertiary/aromatic N) is 1. The minimum Gasteiger partial charge on any atom is -0.497 e. The Hall–Kier alpha value is -2.60. The third-order valence-corrected chi connectivity index (χ3v) is 6.14. The van der Waals surface area contributed by atoms with Gasteiger partial charge in [-0.25, -0.2) is 0 Å². The van der Waals surface area contributed by atoms with Crippen LogP contribution in [-0.2, 0) is 9.59 Å². The largest absolute Gasteiger partial charge is 0.497 e. The summed E-state index contributed by atoms with van der Waals surface area (Å²) in [6, 6.07) is 9.38. The van der Waals surface area contributed by atoms with E-state index in [0.717, 1.165) is 22.6 Å². The molecule has 0 N–H and O–H groups in total. The van der Waals surface area contributed by atoms with Gasteiger partial charge >= 0.3 is 0 Å². The van der Waals surface area contributed by atoms with E-state index in [1.807, 2.05) is 29.6 Å². The minimum absolute atomic E-state index is 0.00263. The molecule has 2 aromatic rings. The lowest BCUT2D eigenvalue weighted by Gasteiger charge is -2.38. The predicted octanol–water partition coefficient (Wildman–Crippen LogP) is 4.29. The van der Waals surface area contributed by atoms with Gasteiger partial charge in [-0.1, -0.05) is 6.07 Å². The molecule has 140 valence electrons. The molecule has 0 bridgehead atoms. The number of anilines is 1. The second-order valence-electron chi connectivity index (χ2n) is 6.71. The van der Waals surface area contributed by atoms with E-state index in [-0.39, 0.29) is 17.6 Å². The fourth-order valence-electron chi connectivity index (χ4n) is 3.95. The maximum Gasteiger partial charge on any atom is 0.232 e. The molecular formula is C21H21NO4S. The summed E-state index contributed by atoms with van der Waals surface area (Å²) in [6.07, 6.45) is 2.32. The number of ether oxygens (including phenoxy) is 2. The summed E-state index contributed by atoms with van der Waals surface area (Å²) in [4.78, 5) is 28.8. The van der Waals surface area contributed by atoms with Gasteiger partial charge in [-0.2, -0.15) is 0 Å². The quantitative estimate of drug-likeness (QED) is 0.790. The monoisotopic (exact) mass is 383 g/mol. The molecule has 27 heavy (non-hydrogen) atoms. The van der Waals surface area contributed by atoms with Crippen LogP contribution in [0.3, 0.4) is 0 Å². The first-order chi connectivity index (χ1) is 13.1. The van der Waals surface area contributed by atoms with Gasteiger partial charge in [0, 0.05) is 53.1 Å². The van der Waals surface area contributed by atoms with Gasteiger partial charge in [0.05, 0.1) is 19.9 Å². The first-order valence-corrected chi connectivity index (χ1v) is 9.86. The lowest BCUT2D eigenvalue weighted by atomic mass is 9.79. The molecule has 4 rings (SSSR count). The van der Waals surface area contributed by atoms with E-state index < -0.39 is 0 Å². The van der Waals surface area contributed by atoms with Gasteiger partial charge in [0.15, 0.2) is 5.78 Å². The molecular weight excluding hydrogens is 362 g/mol. The fourth-order valence-corrected chi connectivity index (χ4v) is 4.78. The number of carbonyl (C=O) groups excluding carboxylic acids is 2. The highest BCUT2D eigenvalue weighted by molar-refractivity contribution is 7.10. The van der Waals surface area contributed by atoms with E-state index in [1.54, 1.807) is 36.5 Å². The van der Waals surface area contributed by atoms with E-state index in [2.05, 4.69) is 0 Å². The average molecular weight is 383 g/mol. The SMILES string of the molecule is COc1cc(OC)cc(N2C(=O)CC(c3cccs3)C3=C2CCCC3=O)c1. The number of ketones is 1. The van der Waals surface area contributed by atoms with E-state index in [9.17, 15) is 9.59 Å². The van der Waals surface area contributed by atoms with E-state index in [4.69, 9.17) is 9.47 Å². The highest BCUT2D eigenvalue weighted by Gasteiger charge is 2.40. The van der Waals surface area contributed by atoms with E-state index in [0.29, 0.717) is 36.4 Å². The number of allylic oxidation sites excluding steroid dienone is 2. The van der Waals surface area contributed by atoms with Crippen molar-refractivity contribution in [2.75, 3.05) is 19.1 Å². The number of hydrogen-bond acceptors (Lipinski definition) is 5. The van der Waals surface area contributed by atoms with Gasteiger partial charge in [0.2, 0.25) is 5.91 Å². The Morgan fingerprint density at radius 1 is 1.07 bits per heavy atom. The van der Waals surface area contributed by atoms with Gasteiger partial charge in [-0.3, -0.25) is 14.5 Å². The van der Waals surface area contributed by atoms with Crippen molar-refractivity contribution in [1.29, 1.82) is 0 Å². The number of thiophene rings is 1. The normalized spacial score (nSPS) is 19.9. The van der Waals surface area contributed by atoms with Crippen LogP contribution >= 0.6 is 11.3 Å². The summed E-state index contributed by atoms with van der Waals surface area (Å²) in [5.74, 6) is 1.24. The van der Waals surface area contributed by atoms with Crippen LogP contribution in [0.2, 0.25) is 0 Å². The Bertz CT molecular complexity index is 894. The molecule has 1 aromatic heterocycles. The summed E-state index contributed by atoms with van der Waals surface area (Å²) in [5.41, 5.74) is 2.31. The number of benzene rings is 1. The van der Waals surface area contributed by atoms with Gasteiger partial charge in [0.25, 0.3) is 0 Å². The van der Waals surface area contributed by atoms with Crippen molar-refractivity contribution < 1.29 is 19.1 Å². The Labute approximate surface area is 162 Å². The van der Waals surface area contributed by atoms with Crippen LogP contribution < -0.4 is 14.4 Å². The van der Waals surface area contributed by atoms with Crippen LogP contribution in [0, 0.1) is 0 Å². The van der Waals surface area contributed by atoms with Crippen LogP contribution in [0.15, 0.2) is 47.0 Å². The Morgan fingerprint density at radius 2 is 1.81 bits per heavy atom. The number of rotatable bonds is 4. The molecule has 1 aromatic carbocycles. The minimum atomic E-state index is -0.135. The lowest BCUT2D eigenvalue weighted by molar-refractivity contribution is -0.119. The second-order valence-corrected chi connectivity index (χ2v) is 7.69. The number of methoxy groups -OCH3 is 2. The topological polar surface area (TPSA) is 55.8 Å². The summed E-state index contributed by atoms with van der Waals surface area (Å²) in [5, 5.41) is 1.99. The molecule has 2 aliphatic rings. The van der Waals surface area contributed by atoms with Crippen LogP contribution in [0.5, 0.6) is 11.5 Å². The fraction of sp³-hybridized carbons (Fsp3) is 0.333. The molecule has 0 saturated carbocycles. The van der Waals surface area contributed by atoms with Gasteiger partial charge in [0.1, 0.15) is 11.5 Å². The standard InChI is InChI=1S/C21H21NO4S/c1-25-14-9-13(10-15(11-14)26-2)22-17-5-3-6-18(23)21(17)16(12-20(22)24)19-7-4-8-27-19/h4,7-11,16H,3,5-6,12H2,1-2H3. The molecule has 1 unspecified atom stereocenters. The smallest absolute Gasteiger partial charge is 0.232 e. The average Bonchev–Trinajstić information content (AvgIpc) is 3.21. The van der Waals surface area contributed by atoms with Crippen LogP contribution in [0.25, 0.3) is 0 Å². The van der Waals surface area contributed by atoms with Crippen molar-refractivity contribution in [2.45, 2.75) is 31.6 Å². The zero-order valence-electron chi connectivity index (χ0n) is 15.4. The lowest BCUT2D eigenvalue weighted by Crippen LogP contribution is -2.40. The van der Waals surface area contributed by atoms with Crippen LogP contribution in [-0.4, -0.2) is 25.9 Å². The third-order valence-electron chi connectivity index (χ3n) is 5.16. The van der Waals surface area contributed by atoms with Gasteiger partial charge in [-0.15, -0.1) is 11.3 Å². The van der Waals surface area contributed by atoms with E-state index >= 15 is 0 Å². The predicted molar refractivity (Wildman–Crippen MR) is 105 cm³/mol. The van der Waals surface area contributed by atoms with Crippen molar-refractivity contribution >= 4 is 28.7 Å². The summed E-state index contributed by atoms with van der Waals surface area (Å²) in [6.45, 7) is 0. The van der Waals surface area contributed by atoms with Crippen molar-refractivity contribution in [3.63, 3.8) is 0 Å².